The topological polar surface area (TPSA) is 77.2 Å². The van der Waals surface area contributed by atoms with Crippen molar-refractivity contribution in [3.05, 3.63) is 48.4 Å². The molecule has 7 heteroatoms. The number of piperidine rings is 1. The number of benzene rings is 1. The molecule has 2 aromatic heterocycles. The lowest BCUT2D eigenvalue weighted by Crippen LogP contribution is -2.45. The standard InChI is InChI=1S/C20H24N6O/c1-25(2)16-5-3-14(4-6-16)20(27)24-15-8-11-26(12-9-15)19-17-7-10-21-18(17)22-13-23-19/h3-7,10,13,15H,8-9,11-12H2,1-2H3,(H,24,27)(H,21,22,23). The number of H-pyrrole nitrogens is 1. The van der Waals surface area contributed by atoms with E-state index in [0.29, 0.717) is 5.56 Å². The predicted octanol–water partition coefficient (Wildman–Crippen LogP) is 2.42. The summed E-state index contributed by atoms with van der Waals surface area (Å²) in [6.45, 7) is 1.73. The van der Waals surface area contributed by atoms with Crippen LogP contribution in [0.4, 0.5) is 11.5 Å². The first kappa shape index (κ1) is 17.3. The highest BCUT2D eigenvalue weighted by Gasteiger charge is 2.23. The Morgan fingerprint density at radius 1 is 1.15 bits per heavy atom. The maximum absolute atomic E-state index is 12.5. The first-order valence-electron chi connectivity index (χ1n) is 9.23. The molecule has 0 bridgehead atoms. The maximum atomic E-state index is 12.5. The molecule has 0 aliphatic carbocycles. The lowest BCUT2D eigenvalue weighted by atomic mass is 10.0. The van der Waals surface area contributed by atoms with Crippen molar-refractivity contribution in [1.82, 2.24) is 20.3 Å². The summed E-state index contributed by atoms with van der Waals surface area (Å²) in [7, 11) is 3.98. The molecule has 7 nitrogen and oxygen atoms in total. The fourth-order valence-corrected chi connectivity index (χ4v) is 3.53. The van der Waals surface area contributed by atoms with E-state index >= 15 is 0 Å². The minimum atomic E-state index is -0.00572. The molecule has 1 fully saturated rings. The van der Waals surface area contributed by atoms with Crippen LogP contribution >= 0.6 is 0 Å². The van der Waals surface area contributed by atoms with Crippen LogP contribution in [0.3, 0.4) is 0 Å². The van der Waals surface area contributed by atoms with Crippen molar-refractivity contribution in [2.24, 2.45) is 0 Å². The minimum absolute atomic E-state index is 0.00572. The Morgan fingerprint density at radius 2 is 1.89 bits per heavy atom. The average Bonchev–Trinajstić information content (AvgIpc) is 3.17. The molecule has 1 saturated heterocycles. The third-order valence-corrected chi connectivity index (χ3v) is 5.11. The average molecular weight is 364 g/mol. The maximum Gasteiger partial charge on any atom is 0.251 e. The van der Waals surface area contributed by atoms with Gasteiger partial charge in [-0.1, -0.05) is 0 Å². The monoisotopic (exact) mass is 364 g/mol. The molecular weight excluding hydrogens is 340 g/mol. The lowest BCUT2D eigenvalue weighted by molar-refractivity contribution is 0.0931. The molecule has 1 aliphatic rings. The normalized spacial score (nSPS) is 15.1. The number of hydrogen-bond acceptors (Lipinski definition) is 5. The van der Waals surface area contributed by atoms with Crippen molar-refractivity contribution >= 4 is 28.4 Å². The number of aromatic nitrogens is 3. The van der Waals surface area contributed by atoms with Gasteiger partial charge in [-0.2, -0.15) is 0 Å². The van der Waals surface area contributed by atoms with Gasteiger partial charge < -0.3 is 20.1 Å². The molecule has 3 aromatic rings. The summed E-state index contributed by atoms with van der Waals surface area (Å²) in [6, 6.07) is 9.89. The molecule has 1 amide bonds. The van der Waals surface area contributed by atoms with Crippen LogP contribution in [0.1, 0.15) is 23.2 Å². The number of nitrogens with zero attached hydrogens (tertiary/aromatic N) is 4. The fraction of sp³-hybridized carbons (Fsp3) is 0.350. The predicted molar refractivity (Wildman–Crippen MR) is 107 cm³/mol. The zero-order valence-corrected chi connectivity index (χ0v) is 15.6. The van der Waals surface area contributed by atoms with Crippen LogP contribution in [0.2, 0.25) is 0 Å². The summed E-state index contributed by atoms with van der Waals surface area (Å²) >= 11 is 0. The third kappa shape index (κ3) is 3.58. The van der Waals surface area contributed by atoms with E-state index in [2.05, 4.69) is 25.2 Å². The van der Waals surface area contributed by atoms with Crippen LogP contribution < -0.4 is 15.1 Å². The Morgan fingerprint density at radius 3 is 2.59 bits per heavy atom. The number of nitrogens with one attached hydrogen (secondary N) is 2. The number of rotatable bonds is 4. The molecule has 1 aliphatic heterocycles. The van der Waals surface area contributed by atoms with Gasteiger partial charge in [0.15, 0.2) is 0 Å². The van der Waals surface area contributed by atoms with Gasteiger partial charge in [0, 0.05) is 50.7 Å². The van der Waals surface area contributed by atoms with Crippen molar-refractivity contribution in [2.45, 2.75) is 18.9 Å². The summed E-state index contributed by atoms with van der Waals surface area (Å²) in [5, 5.41) is 4.21. The number of carbonyl (C=O) groups excluding carboxylic acids is 1. The molecular formula is C20H24N6O. The molecule has 4 rings (SSSR count). The molecule has 140 valence electrons. The van der Waals surface area contributed by atoms with Gasteiger partial charge in [0.2, 0.25) is 0 Å². The quantitative estimate of drug-likeness (QED) is 0.743. The largest absolute Gasteiger partial charge is 0.378 e. The SMILES string of the molecule is CN(C)c1ccc(C(=O)NC2CCN(c3ncnc4[nH]ccc34)CC2)cc1. The highest BCUT2D eigenvalue weighted by atomic mass is 16.1. The molecule has 0 saturated carbocycles. The first-order chi connectivity index (χ1) is 13.1. The number of anilines is 2. The van der Waals surface area contributed by atoms with Crippen molar-refractivity contribution in [1.29, 1.82) is 0 Å². The summed E-state index contributed by atoms with van der Waals surface area (Å²) in [5.74, 6) is 0.958. The summed E-state index contributed by atoms with van der Waals surface area (Å²) in [4.78, 5) is 28.6. The molecule has 1 aromatic carbocycles. The van der Waals surface area contributed by atoms with E-state index in [1.807, 2.05) is 55.5 Å². The number of fused-ring (bicyclic) bond motifs is 1. The fourth-order valence-electron chi connectivity index (χ4n) is 3.53. The number of aromatic amines is 1. The van der Waals surface area contributed by atoms with Crippen LogP contribution in [0, 0.1) is 0 Å². The summed E-state index contributed by atoms with van der Waals surface area (Å²) < 4.78 is 0. The molecule has 27 heavy (non-hydrogen) atoms. The van der Waals surface area contributed by atoms with E-state index in [0.717, 1.165) is 48.5 Å². The number of carbonyl (C=O) groups is 1. The number of amides is 1. The van der Waals surface area contributed by atoms with E-state index in [1.54, 1.807) is 6.33 Å². The number of hydrogen-bond donors (Lipinski definition) is 2. The van der Waals surface area contributed by atoms with Gasteiger partial charge in [0.05, 0.1) is 5.39 Å². The van der Waals surface area contributed by atoms with Crippen molar-refractivity contribution in [3.63, 3.8) is 0 Å². The van der Waals surface area contributed by atoms with E-state index in [1.165, 1.54) is 0 Å². The Labute approximate surface area is 158 Å². The Bertz CT molecular complexity index is 925. The van der Waals surface area contributed by atoms with E-state index in [4.69, 9.17) is 0 Å². The van der Waals surface area contributed by atoms with Gasteiger partial charge in [-0.05, 0) is 43.2 Å². The van der Waals surface area contributed by atoms with Crippen LogP contribution in [0.15, 0.2) is 42.9 Å². The third-order valence-electron chi connectivity index (χ3n) is 5.11. The van der Waals surface area contributed by atoms with Crippen LogP contribution in [-0.2, 0) is 0 Å². The second kappa shape index (κ2) is 7.26. The summed E-state index contributed by atoms with van der Waals surface area (Å²) in [5.41, 5.74) is 2.64. The van der Waals surface area contributed by atoms with E-state index in [-0.39, 0.29) is 11.9 Å². The van der Waals surface area contributed by atoms with Gasteiger partial charge in [0.25, 0.3) is 5.91 Å². The second-order valence-corrected chi connectivity index (χ2v) is 7.11. The summed E-state index contributed by atoms with van der Waals surface area (Å²) in [6.07, 6.45) is 5.28. The molecule has 0 spiro atoms. The highest BCUT2D eigenvalue weighted by molar-refractivity contribution is 5.94. The second-order valence-electron chi connectivity index (χ2n) is 7.11. The van der Waals surface area contributed by atoms with Crippen LogP contribution in [0.5, 0.6) is 0 Å². The Balaban J connectivity index is 1.36. The van der Waals surface area contributed by atoms with E-state index < -0.39 is 0 Å². The van der Waals surface area contributed by atoms with E-state index in [9.17, 15) is 4.79 Å². The first-order valence-corrected chi connectivity index (χ1v) is 9.23. The zero-order chi connectivity index (χ0) is 18.8. The molecule has 0 unspecified atom stereocenters. The minimum Gasteiger partial charge on any atom is -0.378 e. The Hall–Kier alpha value is -3.09. The smallest absolute Gasteiger partial charge is 0.251 e. The lowest BCUT2D eigenvalue weighted by Gasteiger charge is -2.33. The highest BCUT2D eigenvalue weighted by Crippen LogP contribution is 2.25. The van der Waals surface area contributed by atoms with Crippen molar-refractivity contribution in [3.8, 4) is 0 Å². The zero-order valence-electron chi connectivity index (χ0n) is 15.6. The van der Waals surface area contributed by atoms with Gasteiger partial charge in [-0.15, -0.1) is 0 Å². The van der Waals surface area contributed by atoms with Crippen LogP contribution in [-0.4, -0.2) is 54.1 Å². The van der Waals surface area contributed by atoms with Gasteiger partial charge in [-0.25, -0.2) is 9.97 Å². The van der Waals surface area contributed by atoms with Crippen molar-refractivity contribution < 1.29 is 4.79 Å². The molecule has 0 atom stereocenters. The Kier molecular flexibility index (Phi) is 4.66. The molecule has 0 radical (unpaired) electrons. The van der Waals surface area contributed by atoms with Crippen molar-refractivity contribution in [2.75, 3.05) is 37.0 Å². The van der Waals surface area contributed by atoms with Crippen LogP contribution in [0.25, 0.3) is 11.0 Å². The van der Waals surface area contributed by atoms with Gasteiger partial charge >= 0.3 is 0 Å². The van der Waals surface area contributed by atoms with Gasteiger partial charge in [0.1, 0.15) is 17.8 Å². The molecule has 2 N–H and O–H groups in total. The van der Waals surface area contributed by atoms with Gasteiger partial charge in [-0.3, -0.25) is 4.79 Å². The molecule has 3 heterocycles.